The Hall–Kier alpha value is -3.83. The summed E-state index contributed by atoms with van der Waals surface area (Å²) in [5, 5.41) is 0.644. The van der Waals surface area contributed by atoms with Crippen LogP contribution in [-0.2, 0) is 6.54 Å². The molecule has 30 heavy (non-hydrogen) atoms. The van der Waals surface area contributed by atoms with Crippen molar-refractivity contribution < 1.29 is 18.7 Å². The van der Waals surface area contributed by atoms with E-state index in [0.717, 1.165) is 10.2 Å². The number of nitrogens with zero attached hydrogens (tertiary/aromatic N) is 2. The second kappa shape index (κ2) is 7.21. The van der Waals surface area contributed by atoms with Crippen LogP contribution in [0.15, 0.2) is 56.7 Å². The van der Waals surface area contributed by atoms with Crippen molar-refractivity contribution in [2.24, 2.45) is 4.99 Å². The number of fused-ring (bicyclic) bond motifs is 3. The zero-order valence-electron chi connectivity index (χ0n) is 15.6. The smallest absolute Gasteiger partial charge is 0.349 e. The van der Waals surface area contributed by atoms with E-state index in [-0.39, 0.29) is 12.1 Å². The summed E-state index contributed by atoms with van der Waals surface area (Å²) >= 11 is 1.28. The highest BCUT2D eigenvalue weighted by molar-refractivity contribution is 7.16. The van der Waals surface area contributed by atoms with E-state index < -0.39 is 11.5 Å². The summed E-state index contributed by atoms with van der Waals surface area (Å²) in [6.07, 6.45) is 5.53. The molecule has 0 bridgehead atoms. The first kappa shape index (κ1) is 18.2. The molecule has 2 aromatic carbocycles. The van der Waals surface area contributed by atoms with Gasteiger partial charge in [-0.1, -0.05) is 35.5 Å². The van der Waals surface area contributed by atoms with Crippen molar-refractivity contribution in [1.29, 1.82) is 0 Å². The predicted octanol–water partition coefficient (Wildman–Crippen LogP) is 2.95. The van der Waals surface area contributed by atoms with Gasteiger partial charge in [0, 0.05) is 17.5 Å². The second-order valence-electron chi connectivity index (χ2n) is 6.54. The first-order valence-electron chi connectivity index (χ1n) is 9.12. The third-order valence-electron chi connectivity index (χ3n) is 4.67. The molecule has 0 spiro atoms. The summed E-state index contributed by atoms with van der Waals surface area (Å²) in [4.78, 5) is 29.7. The van der Waals surface area contributed by atoms with Crippen LogP contribution in [0.4, 0.5) is 0 Å². The monoisotopic (exact) mass is 418 g/mol. The minimum Gasteiger partial charge on any atom is -0.486 e. The fourth-order valence-electron chi connectivity index (χ4n) is 3.29. The zero-order valence-corrected chi connectivity index (χ0v) is 16.4. The number of ether oxygens (including phenoxy) is 2. The Morgan fingerprint density at radius 2 is 1.93 bits per heavy atom. The van der Waals surface area contributed by atoms with Crippen LogP contribution in [0.1, 0.15) is 10.4 Å². The minimum atomic E-state index is -0.732. The van der Waals surface area contributed by atoms with E-state index in [4.69, 9.17) is 20.3 Å². The molecule has 4 aromatic rings. The number of hydrogen-bond acceptors (Lipinski definition) is 6. The van der Waals surface area contributed by atoms with Crippen molar-refractivity contribution in [3.05, 3.63) is 63.2 Å². The first-order valence-corrected chi connectivity index (χ1v) is 9.94. The van der Waals surface area contributed by atoms with Gasteiger partial charge < -0.3 is 18.5 Å². The molecule has 1 amide bonds. The number of thiazole rings is 1. The molecule has 0 aliphatic carbocycles. The topological polar surface area (TPSA) is 83.0 Å². The van der Waals surface area contributed by atoms with Gasteiger partial charge in [-0.25, -0.2) is 4.79 Å². The normalized spacial score (nSPS) is 13.5. The molecule has 148 valence electrons. The van der Waals surface area contributed by atoms with Crippen LogP contribution in [0.3, 0.4) is 0 Å². The average Bonchev–Trinajstić information content (AvgIpc) is 3.07. The van der Waals surface area contributed by atoms with Crippen LogP contribution in [-0.4, -0.2) is 23.7 Å². The van der Waals surface area contributed by atoms with Crippen LogP contribution in [0.5, 0.6) is 11.5 Å². The summed E-state index contributed by atoms with van der Waals surface area (Å²) in [7, 11) is 0. The van der Waals surface area contributed by atoms with Crippen LogP contribution >= 0.6 is 11.3 Å². The Labute approximate surface area is 173 Å². The van der Waals surface area contributed by atoms with Gasteiger partial charge in [-0.3, -0.25) is 4.79 Å². The third kappa shape index (κ3) is 3.06. The highest BCUT2D eigenvalue weighted by Crippen LogP contribution is 2.35. The van der Waals surface area contributed by atoms with E-state index in [2.05, 4.69) is 10.9 Å². The van der Waals surface area contributed by atoms with Crippen LogP contribution < -0.4 is 19.9 Å². The maximum Gasteiger partial charge on any atom is 0.349 e. The standard InChI is InChI=1S/C22H14N2O5S/c1-2-7-24-15-11-17-18(28-9-8-27-17)12-19(15)30-22(24)23-20(25)14-10-13-5-3-4-6-16(13)29-21(14)26/h1,3-6,10-12H,7-9H2. The van der Waals surface area contributed by atoms with Crippen molar-refractivity contribution in [1.82, 2.24) is 4.57 Å². The quantitative estimate of drug-likeness (QED) is 0.369. The lowest BCUT2D eigenvalue weighted by molar-refractivity contribution is 0.0994. The van der Waals surface area contributed by atoms with E-state index in [9.17, 15) is 9.59 Å². The Balaban J connectivity index is 1.67. The molecule has 2 aromatic heterocycles. The molecule has 1 aliphatic heterocycles. The van der Waals surface area contributed by atoms with Crippen LogP contribution in [0.2, 0.25) is 0 Å². The molecule has 8 heteroatoms. The molecular formula is C22H14N2O5S. The van der Waals surface area contributed by atoms with E-state index in [1.807, 2.05) is 12.1 Å². The highest BCUT2D eigenvalue weighted by Gasteiger charge is 2.18. The fourth-order valence-corrected chi connectivity index (χ4v) is 4.33. The largest absolute Gasteiger partial charge is 0.486 e. The van der Waals surface area contributed by atoms with Crippen molar-refractivity contribution in [2.45, 2.75) is 6.54 Å². The Kier molecular flexibility index (Phi) is 4.38. The predicted molar refractivity (Wildman–Crippen MR) is 112 cm³/mol. The molecule has 0 saturated heterocycles. The maximum atomic E-state index is 12.8. The summed E-state index contributed by atoms with van der Waals surface area (Å²) in [6, 6.07) is 12.1. The number of rotatable bonds is 2. The highest BCUT2D eigenvalue weighted by atomic mass is 32.1. The van der Waals surface area contributed by atoms with Crippen molar-refractivity contribution >= 4 is 38.4 Å². The molecule has 0 fully saturated rings. The van der Waals surface area contributed by atoms with E-state index in [1.165, 1.54) is 17.4 Å². The summed E-state index contributed by atoms with van der Waals surface area (Å²) < 4.78 is 19.1. The Bertz CT molecular complexity index is 1490. The van der Waals surface area contributed by atoms with Gasteiger partial charge in [0.25, 0.3) is 5.91 Å². The van der Waals surface area contributed by atoms with Gasteiger partial charge in [0.15, 0.2) is 16.3 Å². The SMILES string of the molecule is C#CCn1c(=NC(=O)c2cc3ccccc3oc2=O)sc2cc3c(cc21)OCCO3. The number of para-hydroxylation sites is 1. The minimum absolute atomic E-state index is 0.135. The van der Waals surface area contributed by atoms with Crippen LogP contribution in [0.25, 0.3) is 21.2 Å². The summed E-state index contributed by atoms with van der Waals surface area (Å²) in [6.45, 7) is 1.14. The molecular weight excluding hydrogens is 404 g/mol. The number of carbonyl (C=O) groups is 1. The number of carbonyl (C=O) groups excluding carboxylic acids is 1. The number of benzene rings is 2. The van der Waals surface area contributed by atoms with Gasteiger partial charge in [-0.2, -0.15) is 4.99 Å². The molecule has 5 rings (SSSR count). The van der Waals surface area contributed by atoms with Crippen molar-refractivity contribution in [2.75, 3.05) is 13.2 Å². The lowest BCUT2D eigenvalue weighted by Crippen LogP contribution is -2.19. The lowest BCUT2D eigenvalue weighted by atomic mass is 10.2. The van der Waals surface area contributed by atoms with Gasteiger partial charge in [-0.15, -0.1) is 6.42 Å². The number of aromatic nitrogens is 1. The molecule has 0 N–H and O–H groups in total. The zero-order chi connectivity index (χ0) is 20.7. The van der Waals surface area contributed by atoms with Gasteiger partial charge in [0.05, 0.1) is 16.8 Å². The molecule has 7 nitrogen and oxygen atoms in total. The summed E-state index contributed by atoms with van der Waals surface area (Å²) in [5.41, 5.74) is 0.321. The van der Waals surface area contributed by atoms with E-state index >= 15 is 0 Å². The molecule has 1 aliphatic rings. The summed E-state index contributed by atoms with van der Waals surface area (Å²) in [5.74, 6) is 3.14. The maximum absolute atomic E-state index is 12.8. The number of terminal acetylenes is 1. The van der Waals surface area contributed by atoms with Gasteiger partial charge >= 0.3 is 5.63 Å². The molecule has 0 saturated carbocycles. The van der Waals surface area contributed by atoms with E-state index in [0.29, 0.717) is 40.5 Å². The lowest BCUT2D eigenvalue weighted by Gasteiger charge is -2.18. The van der Waals surface area contributed by atoms with E-state index in [1.54, 1.807) is 28.8 Å². The van der Waals surface area contributed by atoms with Crippen LogP contribution in [0, 0.1) is 12.3 Å². The van der Waals surface area contributed by atoms with Gasteiger partial charge in [0.2, 0.25) is 0 Å². The molecule has 0 radical (unpaired) electrons. The molecule has 0 atom stereocenters. The van der Waals surface area contributed by atoms with Gasteiger partial charge in [-0.05, 0) is 12.1 Å². The second-order valence-corrected chi connectivity index (χ2v) is 7.55. The van der Waals surface area contributed by atoms with Gasteiger partial charge in [0.1, 0.15) is 24.4 Å². The molecule has 3 heterocycles. The molecule has 0 unspecified atom stereocenters. The third-order valence-corrected chi connectivity index (χ3v) is 5.71. The Morgan fingerprint density at radius 1 is 1.17 bits per heavy atom. The van der Waals surface area contributed by atoms with Crippen molar-refractivity contribution in [3.8, 4) is 23.8 Å². The fraction of sp³-hybridized carbons (Fsp3) is 0.136. The number of amides is 1. The number of hydrogen-bond donors (Lipinski definition) is 0. The first-order chi connectivity index (χ1) is 14.6. The Morgan fingerprint density at radius 3 is 2.73 bits per heavy atom. The average molecular weight is 418 g/mol. The van der Waals surface area contributed by atoms with Crippen molar-refractivity contribution in [3.63, 3.8) is 0 Å².